The first-order valence-electron chi connectivity index (χ1n) is 7.82. The van der Waals surface area contributed by atoms with Crippen molar-refractivity contribution in [2.75, 3.05) is 13.1 Å². The largest absolute Gasteiger partial charge is 0.467 e. The van der Waals surface area contributed by atoms with Crippen molar-refractivity contribution in [3.8, 4) is 0 Å². The number of pyridine rings is 1. The van der Waals surface area contributed by atoms with E-state index in [0.717, 1.165) is 11.5 Å². The highest BCUT2D eigenvalue weighted by molar-refractivity contribution is 5.94. The summed E-state index contributed by atoms with van der Waals surface area (Å²) in [5.74, 6) is 0.477. The third-order valence-electron chi connectivity index (χ3n) is 4.19. The van der Waals surface area contributed by atoms with Gasteiger partial charge in [0.2, 0.25) is 6.23 Å². The summed E-state index contributed by atoms with van der Waals surface area (Å²) in [5, 5.41) is 3.24. The molecule has 0 aliphatic carbocycles. The van der Waals surface area contributed by atoms with E-state index < -0.39 is 6.23 Å². The molecular weight excluding hydrogens is 309 g/mol. The molecule has 0 radical (unpaired) electrons. The summed E-state index contributed by atoms with van der Waals surface area (Å²) in [5.41, 5.74) is 2.19. The number of ether oxygens (including phenoxy) is 1. The second-order valence-electron chi connectivity index (χ2n) is 5.79. The Kier molecular flexibility index (Phi) is 3.65. The van der Waals surface area contributed by atoms with Crippen LogP contribution >= 0.6 is 0 Å². The van der Waals surface area contributed by atoms with Crippen LogP contribution in [0.4, 0.5) is 4.39 Å². The molecule has 1 aromatic carbocycles. The fraction of sp³-hybridized carbons (Fsp3) is 0.222. The number of nitrogens with one attached hydrogen (secondary N) is 1. The van der Waals surface area contributed by atoms with Crippen LogP contribution in [0.5, 0.6) is 0 Å². The Balaban J connectivity index is 1.46. The summed E-state index contributed by atoms with van der Waals surface area (Å²) in [6.45, 7) is 1.08. The lowest BCUT2D eigenvalue weighted by Crippen LogP contribution is -2.38. The van der Waals surface area contributed by atoms with E-state index in [4.69, 9.17) is 4.74 Å². The minimum absolute atomic E-state index is 0.00677. The molecule has 0 saturated heterocycles. The Hall–Kier alpha value is -2.89. The highest BCUT2D eigenvalue weighted by Gasteiger charge is 2.33. The quantitative estimate of drug-likeness (QED) is 0.922. The van der Waals surface area contributed by atoms with Crippen molar-refractivity contribution in [2.24, 2.45) is 0 Å². The maximum Gasteiger partial charge on any atom is 0.254 e. The van der Waals surface area contributed by atoms with Crippen molar-refractivity contribution >= 4 is 5.91 Å². The van der Waals surface area contributed by atoms with Crippen molar-refractivity contribution in [1.29, 1.82) is 0 Å². The molecule has 0 spiro atoms. The van der Waals surface area contributed by atoms with E-state index in [1.54, 1.807) is 11.0 Å². The summed E-state index contributed by atoms with van der Waals surface area (Å²) in [6, 6.07) is 12.2. The summed E-state index contributed by atoms with van der Waals surface area (Å²) in [4.78, 5) is 18.4. The normalized spacial score (nSPS) is 19.5. The molecular formula is C18H16FN3O2. The predicted molar refractivity (Wildman–Crippen MR) is 85.1 cm³/mol. The van der Waals surface area contributed by atoms with Gasteiger partial charge in [0.05, 0.1) is 18.4 Å². The Morgan fingerprint density at radius 2 is 2.08 bits per heavy atom. The number of hydrogen-bond donors (Lipinski definition) is 1. The van der Waals surface area contributed by atoms with Crippen LogP contribution in [-0.2, 0) is 4.74 Å². The zero-order valence-corrected chi connectivity index (χ0v) is 12.9. The third-order valence-corrected chi connectivity index (χ3v) is 4.19. The molecule has 1 aromatic heterocycles. The molecule has 0 bridgehead atoms. The lowest BCUT2D eigenvalue weighted by atomic mass is 10.1. The Morgan fingerprint density at radius 3 is 2.83 bits per heavy atom. The fourth-order valence-corrected chi connectivity index (χ4v) is 2.94. The number of carbonyl (C=O) groups excluding carboxylic acids is 1. The van der Waals surface area contributed by atoms with Gasteiger partial charge in [0.15, 0.2) is 0 Å². The van der Waals surface area contributed by atoms with E-state index in [2.05, 4.69) is 10.3 Å². The van der Waals surface area contributed by atoms with Gasteiger partial charge in [0.1, 0.15) is 17.3 Å². The van der Waals surface area contributed by atoms with Gasteiger partial charge in [-0.2, -0.15) is 0 Å². The third kappa shape index (κ3) is 2.71. The number of nitrogens with zero attached hydrogens (tertiary/aromatic N) is 2. The first-order valence-corrected chi connectivity index (χ1v) is 7.82. The Labute approximate surface area is 138 Å². The molecule has 1 amide bonds. The predicted octanol–water partition coefficient (Wildman–Crippen LogP) is 2.60. The molecule has 122 valence electrons. The van der Waals surface area contributed by atoms with Crippen molar-refractivity contribution in [3.05, 3.63) is 77.2 Å². The Bertz CT molecular complexity index is 790. The second-order valence-corrected chi connectivity index (χ2v) is 5.79. The van der Waals surface area contributed by atoms with Crippen molar-refractivity contribution in [1.82, 2.24) is 15.2 Å². The molecule has 4 rings (SSSR count). The number of aromatic nitrogens is 1. The molecule has 24 heavy (non-hydrogen) atoms. The first-order chi connectivity index (χ1) is 11.7. The van der Waals surface area contributed by atoms with Crippen LogP contribution in [0.25, 0.3) is 0 Å². The molecule has 2 aliphatic rings. The smallest absolute Gasteiger partial charge is 0.254 e. The summed E-state index contributed by atoms with van der Waals surface area (Å²) >= 11 is 0. The van der Waals surface area contributed by atoms with E-state index in [1.807, 2.05) is 30.3 Å². The summed E-state index contributed by atoms with van der Waals surface area (Å²) in [7, 11) is 0. The van der Waals surface area contributed by atoms with Crippen LogP contribution in [0.3, 0.4) is 0 Å². The average molecular weight is 325 g/mol. The fourth-order valence-electron chi connectivity index (χ4n) is 2.94. The van der Waals surface area contributed by atoms with Gasteiger partial charge in [-0.1, -0.05) is 18.2 Å². The van der Waals surface area contributed by atoms with Crippen LogP contribution < -0.4 is 5.32 Å². The lowest BCUT2D eigenvalue weighted by molar-refractivity contribution is 0.0745. The van der Waals surface area contributed by atoms with Gasteiger partial charge in [-0.25, -0.2) is 4.39 Å². The topological polar surface area (TPSA) is 54.5 Å². The summed E-state index contributed by atoms with van der Waals surface area (Å²) in [6.07, 6.45) is 1.39. The number of halogens is 1. The van der Waals surface area contributed by atoms with Gasteiger partial charge in [0, 0.05) is 18.5 Å². The molecule has 3 heterocycles. The number of benzene rings is 1. The number of carbonyl (C=O) groups is 1. The monoisotopic (exact) mass is 325 g/mol. The van der Waals surface area contributed by atoms with Crippen LogP contribution in [-0.4, -0.2) is 28.9 Å². The molecule has 5 nitrogen and oxygen atoms in total. The molecule has 1 atom stereocenters. The van der Waals surface area contributed by atoms with Gasteiger partial charge in [-0.3, -0.25) is 9.78 Å². The van der Waals surface area contributed by atoms with Gasteiger partial charge in [0.25, 0.3) is 5.91 Å². The Morgan fingerprint density at radius 1 is 1.25 bits per heavy atom. The van der Waals surface area contributed by atoms with Gasteiger partial charge >= 0.3 is 0 Å². The van der Waals surface area contributed by atoms with E-state index in [-0.39, 0.29) is 11.7 Å². The first kappa shape index (κ1) is 14.7. The van der Waals surface area contributed by atoms with Crippen LogP contribution in [0, 0.1) is 5.82 Å². The molecule has 0 saturated carbocycles. The molecule has 1 N–H and O–H groups in total. The highest BCUT2D eigenvalue weighted by atomic mass is 19.1. The standard InChI is InChI=1S/C18H16FN3O2/c19-13-6-7-14(20-10-13)17-21-15-11-22(9-8-16(15)24-17)18(23)12-4-2-1-3-5-12/h1-7,10,17,21H,8-9,11H2. The molecule has 2 aliphatic heterocycles. The molecule has 2 aromatic rings. The van der Waals surface area contributed by atoms with Gasteiger partial charge in [-0.15, -0.1) is 0 Å². The van der Waals surface area contributed by atoms with Crippen LogP contribution in [0.1, 0.15) is 28.7 Å². The highest BCUT2D eigenvalue weighted by Crippen LogP contribution is 2.31. The number of rotatable bonds is 2. The molecule has 1 unspecified atom stereocenters. The van der Waals surface area contributed by atoms with E-state index in [1.165, 1.54) is 12.3 Å². The maximum absolute atomic E-state index is 13.0. The van der Waals surface area contributed by atoms with Crippen LogP contribution in [0.2, 0.25) is 0 Å². The lowest BCUT2D eigenvalue weighted by Gasteiger charge is -2.26. The van der Waals surface area contributed by atoms with Crippen molar-refractivity contribution in [3.63, 3.8) is 0 Å². The van der Waals surface area contributed by atoms with E-state index >= 15 is 0 Å². The average Bonchev–Trinajstić information content (AvgIpc) is 3.05. The van der Waals surface area contributed by atoms with Crippen molar-refractivity contribution < 1.29 is 13.9 Å². The molecule has 0 fully saturated rings. The van der Waals surface area contributed by atoms with Gasteiger partial charge in [-0.05, 0) is 24.3 Å². The van der Waals surface area contributed by atoms with Gasteiger partial charge < -0.3 is 15.0 Å². The SMILES string of the molecule is O=C(c1ccccc1)N1CCC2=C(C1)NC(c1ccc(F)cn1)O2. The van der Waals surface area contributed by atoms with Crippen molar-refractivity contribution in [2.45, 2.75) is 12.6 Å². The number of amides is 1. The number of hydrogen-bond acceptors (Lipinski definition) is 4. The van der Waals surface area contributed by atoms with Crippen LogP contribution in [0.15, 0.2) is 60.1 Å². The van der Waals surface area contributed by atoms with E-state index in [0.29, 0.717) is 30.8 Å². The minimum atomic E-state index is -0.428. The second kappa shape index (κ2) is 5.96. The zero-order valence-electron chi connectivity index (χ0n) is 12.9. The summed E-state index contributed by atoms with van der Waals surface area (Å²) < 4.78 is 18.9. The van der Waals surface area contributed by atoms with E-state index in [9.17, 15) is 9.18 Å². The maximum atomic E-state index is 13.0. The molecule has 6 heteroatoms. The minimum Gasteiger partial charge on any atom is -0.467 e. The zero-order chi connectivity index (χ0) is 16.5.